The molecule has 1 aliphatic heterocycles. The molecule has 0 bridgehead atoms. The van der Waals surface area contributed by atoms with Crippen LogP contribution >= 0.6 is 0 Å². The van der Waals surface area contributed by atoms with Gasteiger partial charge >= 0.3 is 0 Å². The van der Waals surface area contributed by atoms with Gasteiger partial charge in [-0.2, -0.15) is 0 Å². The lowest BCUT2D eigenvalue weighted by molar-refractivity contribution is -0.137. The van der Waals surface area contributed by atoms with Crippen molar-refractivity contribution in [3.63, 3.8) is 0 Å². The van der Waals surface area contributed by atoms with E-state index in [1.165, 1.54) is 25.3 Å². The van der Waals surface area contributed by atoms with Gasteiger partial charge < -0.3 is 14.8 Å². The maximum absolute atomic E-state index is 14.2. The van der Waals surface area contributed by atoms with Crippen LogP contribution in [0.2, 0.25) is 0 Å². The van der Waals surface area contributed by atoms with Crippen LogP contribution in [0.15, 0.2) is 18.2 Å². The second-order valence-electron chi connectivity index (χ2n) is 5.84. The van der Waals surface area contributed by atoms with E-state index in [1.807, 2.05) is 0 Å². The summed E-state index contributed by atoms with van der Waals surface area (Å²) in [5.41, 5.74) is 0.432. The second-order valence-corrected chi connectivity index (χ2v) is 5.84. The Balaban J connectivity index is 1.87. The van der Waals surface area contributed by atoms with Crippen LogP contribution in [0.25, 0.3) is 0 Å². The topological polar surface area (TPSA) is 30.5 Å². The molecular weight excluding hydrogens is 257 g/mol. The van der Waals surface area contributed by atoms with E-state index in [9.17, 15) is 4.39 Å². The minimum Gasteiger partial charge on any atom is -0.496 e. The fraction of sp³-hybridized carbons (Fsp3) is 0.625. The summed E-state index contributed by atoms with van der Waals surface area (Å²) in [5.74, 6) is 0.327. The largest absolute Gasteiger partial charge is 0.496 e. The number of rotatable bonds is 2. The standard InChI is InChI=1S/C16H22FNO2/c1-19-13-7-5-6-12(17)15(13)14-10-18-11-16(20-14)8-3-2-4-9-16/h5-7,14,18H,2-4,8-11H2,1H3. The molecule has 1 spiro atoms. The molecule has 1 saturated heterocycles. The van der Waals surface area contributed by atoms with E-state index in [4.69, 9.17) is 9.47 Å². The molecule has 0 amide bonds. The highest BCUT2D eigenvalue weighted by atomic mass is 19.1. The van der Waals surface area contributed by atoms with Crippen LogP contribution in [0.5, 0.6) is 5.75 Å². The van der Waals surface area contributed by atoms with Crippen molar-refractivity contribution in [2.45, 2.75) is 43.8 Å². The van der Waals surface area contributed by atoms with Gasteiger partial charge in [0.1, 0.15) is 17.7 Å². The molecule has 1 aromatic carbocycles. The Bertz CT molecular complexity index is 466. The molecule has 3 nitrogen and oxygen atoms in total. The predicted molar refractivity (Wildman–Crippen MR) is 75.5 cm³/mol. The Morgan fingerprint density at radius 2 is 2.10 bits per heavy atom. The summed E-state index contributed by atoms with van der Waals surface area (Å²) in [6.45, 7) is 1.51. The Morgan fingerprint density at radius 3 is 2.85 bits per heavy atom. The zero-order valence-corrected chi connectivity index (χ0v) is 12.0. The first-order chi connectivity index (χ1) is 9.74. The number of morpholine rings is 1. The van der Waals surface area contributed by atoms with Crippen molar-refractivity contribution < 1.29 is 13.9 Å². The quantitative estimate of drug-likeness (QED) is 0.902. The lowest BCUT2D eigenvalue weighted by Gasteiger charge is -2.44. The van der Waals surface area contributed by atoms with Crippen molar-refractivity contribution in [2.24, 2.45) is 0 Å². The smallest absolute Gasteiger partial charge is 0.132 e. The summed E-state index contributed by atoms with van der Waals surface area (Å²) in [5, 5.41) is 3.43. The number of methoxy groups -OCH3 is 1. The van der Waals surface area contributed by atoms with Gasteiger partial charge in [-0.05, 0) is 25.0 Å². The molecule has 4 heteroatoms. The first kappa shape index (κ1) is 13.8. The SMILES string of the molecule is COc1cccc(F)c1C1CNCC2(CCCCC2)O1. The van der Waals surface area contributed by atoms with Gasteiger partial charge in [0.25, 0.3) is 0 Å². The zero-order chi connectivity index (χ0) is 14.0. The van der Waals surface area contributed by atoms with Crippen LogP contribution in [-0.2, 0) is 4.74 Å². The molecule has 2 aliphatic rings. The van der Waals surface area contributed by atoms with Crippen LogP contribution in [0.1, 0.15) is 43.8 Å². The van der Waals surface area contributed by atoms with E-state index < -0.39 is 0 Å². The summed E-state index contributed by atoms with van der Waals surface area (Å²) in [7, 11) is 1.57. The molecule has 1 saturated carbocycles. The van der Waals surface area contributed by atoms with Crippen molar-refractivity contribution in [2.75, 3.05) is 20.2 Å². The third-order valence-corrected chi connectivity index (χ3v) is 4.49. The number of hydrogen-bond acceptors (Lipinski definition) is 3. The predicted octanol–water partition coefficient (Wildman–Crippen LogP) is 3.20. The van der Waals surface area contributed by atoms with Gasteiger partial charge in [-0.1, -0.05) is 25.3 Å². The van der Waals surface area contributed by atoms with E-state index in [-0.39, 0.29) is 17.5 Å². The molecule has 1 unspecified atom stereocenters. The molecule has 1 atom stereocenters. The van der Waals surface area contributed by atoms with Gasteiger partial charge in [-0.3, -0.25) is 0 Å². The molecule has 1 heterocycles. The number of benzene rings is 1. The normalized spacial score (nSPS) is 25.6. The third-order valence-electron chi connectivity index (χ3n) is 4.49. The highest BCUT2D eigenvalue weighted by Gasteiger charge is 2.40. The van der Waals surface area contributed by atoms with Crippen molar-refractivity contribution >= 4 is 0 Å². The van der Waals surface area contributed by atoms with Gasteiger partial charge in [0.15, 0.2) is 0 Å². The molecule has 0 radical (unpaired) electrons. The molecule has 1 aliphatic carbocycles. The van der Waals surface area contributed by atoms with Crippen LogP contribution in [0.3, 0.4) is 0 Å². The third kappa shape index (κ3) is 2.54. The van der Waals surface area contributed by atoms with E-state index in [1.54, 1.807) is 19.2 Å². The Labute approximate surface area is 119 Å². The van der Waals surface area contributed by atoms with Crippen LogP contribution in [-0.4, -0.2) is 25.8 Å². The number of hydrogen-bond donors (Lipinski definition) is 1. The van der Waals surface area contributed by atoms with Crippen molar-refractivity contribution in [1.29, 1.82) is 0 Å². The fourth-order valence-electron chi connectivity index (χ4n) is 3.48. The van der Waals surface area contributed by atoms with Gasteiger partial charge in [0, 0.05) is 13.1 Å². The molecule has 1 N–H and O–H groups in total. The van der Waals surface area contributed by atoms with E-state index in [0.717, 1.165) is 19.4 Å². The van der Waals surface area contributed by atoms with Gasteiger partial charge in [0.2, 0.25) is 0 Å². The minimum absolute atomic E-state index is 0.117. The molecule has 3 rings (SSSR count). The first-order valence-corrected chi connectivity index (χ1v) is 7.45. The highest BCUT2D eigenvalue weighted by Crippen LogP contribution is 2.40. The lowest BCUT2D eigenvalue weighted by Crippen LogP contribution is -2.52. The molecular formula is C16H22FNO2. The summed E-state index contributed by atoms with van der Waals surface area (Å²) in [6.07, 6.45) is 5.53. The average Bonchev–Trinajstić information content (AvgIpc) is 2.47. The lowest BCUT2D eigenvalue weighted by atomic mass is 9.83. The summed E-state index contributed by atoms with van der Waals surface area (Å²) >= 11 is 0. The zero-order valence-electron chi connectivity index (χ0n) is 12.0. The average molecular weight is 279 g/mol. The summed E-state index contributed by atoms with van der Waals surface area (Å²) in [4.78, 5) is 0. The van der Waals surface area contributed by atoms with E-state index >= 15 is 0 Å². The molecule has 1 aromatic rings. The number of halogens is 1. The molecule has 0 aromatic heterocycles. The first-order valence-electron chi connectivity index (χ1n) is 7.45. The maximum Gasteiger partial charge on any atom is 0.132 e. The van der Waals surface area contributed by atoms with E-state index in [0.29, 0.717) is 17.9 Å². The molecule has 2 fully saturated rings. The summed E-state index contributed by atoms with van der Waals surface area (Å²) < 4.78 is 25.8. The number of ether oxygens (including phenoxy) is 2. The van der Waals surface area contributed by atoms with Crippen molar-refractivity contribution in [1.82, 2.24) is 5.32 Å². The van der Waals surface area contributed by atoms with Crippen LogP contribution in [0, 0.1) is 5.82 Å². The summed E-state index contributed by atoms with van der Waals surface area (Å²) in [6, 6.07) is 4.94. The number of nitrogens with one attached hydrogen (secondary N) is 1. The fourth-order valence-corrected chi connectivity index (χ4v) is 3.48. The maximum atomic E-state index is 14.2. The molecule has 20 heavy (non-hydrogen) atoms. The monoisotopic (exact) mass is 279 g/mol. The van der Waals surface area contributed by atoms with Crippen LogP contribution in [0.4, 0.5) is 4.39 Å². The minimum atomic E-state index is -0.266. The Morgan fingerprint density at radius 1 is 1.30 bits per heavy atom. The van der Waals surface area contributed by atoms with Crippen LogP contribution < -0.4 is 10.1 Å². The Kier molecular flexibility index (Phi) is 3.94. The van der Waals surface area contributed by atoms with Crippen molar-refractivity contribution in [3.05, 3.63) is 29.6 Å². The van der Waals surface area contributed by atoms with Gasteiger partial charge in [0.05, 0.1) is 18.3 Å². The Hall–Kier alpha value is -1.13. The van der Waals surface area contributed by atoms with Gasteiger partial charge in [-0.25, -0.2) is 4.39 Å². The highest BCUT2D eigenvalue weighted by molar-refractivity contribution is 5.37. The van der Waals surface area contributed by atoms with Crippen molar-refractivity contribution in [3.8, 4) is 5.75 Å². The second kappa shape index (κ2) is 5.70. The van der Waals surface area contributed by atoms with E-state index in [2.05, 4.69) is 5.32 Å². The molecule has 110 valence electrons. The van der Waals surface area contributed by atoms with Gasteiger partial charge in [-0.15, -0.1) is 0 Å².